The summed E-state index contributed by atoms with van der Waals surface area (Å²) >= 11 is 2.87. The smallest absolute Gasteiger partial charge is 0.269 e. The van der Waals surface area contributed by atoms with Gasteiger partial charge in [0.25, 0.3) is 11.6 Å². The van der Waals surface area contributed by atoms with Gasteiger partial charge in [0.15, 0.2) is 11.0 Å². The van der Waals surface area contributed by atoms with Gasteiger partial charge in [-0.05, 0) is 36.1 Å². The Kier molecular flexibility index (Phi) is 6.62. The zero-order valence-electron chi connectivity index (χ0n) is 17.0. The average Bonchev–Trinajstić information content (AvgIpc) is 3.49. The van der Waals surface area contributed by atoms with Crippen LogP contribution < -0.4 is 5.32 Å². The highest BCUT2D eigenvalue weighted by molar-refractivity contribution is 7.98. The molecule has 0 saturated carbocycles. The van der Waals surface area contributed by atoms with Crippen molar-refractivity contribution in [2.45, 2.75) is 23.9 Å². The highest BCUT2D eigenvalue weighted by atomic mass is 32.2. The molecule has 2 aromatic heterocycles. The summed E-state index contributed by atoms with van der Waals surface area (Å²) in [7, 11) is 0. The normalized spacial score (nSPS) is 11.8. The van der Waals surface area contributed by atoms with Gasteiger partial charge in [-0.2, -0.15) is 0 Å². The Bertz CT molecular complexity index is 1210. The first-order valence-electron chi connectivity index (χ1n) is 9.74. The third-order valence-corrected chi connectivity index (χ3v) is 6.54. The Balaban J connectivity index is 1.65. The van der Waals surface area contributed by atoms with E-state index in [-0.39, 0.29) is 11.6 Å². The van der Waals surface area contributed by atoms with Crippen LogP contribution in [0.4, 0.5) is 5.69 Å². The Morgan fingerprint density at radius 1 is 1.12 bits per heavy atom. The predicted octanol–water partition coefficient (Wildman–Crippen LogP) is 5.02. The first kappa shape index (κ1) is 21.7. The number of thiophene rings is 1. The highest BCUT2D eigenvalue weighted by Gasteiger charge is 2.22. The van der Waals surface area contributed by atoms with Gasteiger partial charge < -0.3 is 5.32 Å². The lowest BCUT2D eigenvalue weighted by Crippen LogP contribution is -2.28. The molecule has 0 fully saturated rings. The van der Waals surface area contributed by atoms with Crippen molar-refractivity contribution in [2.24, 2.45) is 0 Å². The molecule has 4 aromatic rings. The van der Waals surface area contributed by atoms with E-state index in [0.29, 0.717) is 27.3 Å². The Labute approximate surface area is 192 Å². The lowest BCUT2D eigenvalue weighted by molar-refractivity contribution is -0.384. The summed E-state index contributed by atoms with van der Waals surface area (Å²) < 4.78 is 1.83. The second-order valence-electron chi connectivity index (χ2n) is 6.90. The molecule has 1 amide bonds. The van der Waals surface area contributed by atoms with Crippen LogP contribution in [0.2, 0.25) is 0 Å². The number of nitro groups is 1. The topological polar surface area (TPSA) is 103 Å². The average molecular weight is 466 g/mol. The Morgan fingerprint density at radius 3 is 2.53 bits per heavy atom. The van der Waals surface area contributed by atoms with Crippen molar-refractivity contribution in [1.29, 1.82) is 0 Å². The molecule has 8 nitrogen and oxygen atoms in total. The molecule has 0 saturated heterocycles. The molecule has 0 aliphatic heterocycles. The maximum atomic E-state index is 12.5. The molecule has 10 heteroatoms. The molecule has 2 heterocycles. The van der Waals surface area contributed by atoms with Gasteiger partial charge in [-0.15, -0.1) is 21.5 Å². The Hall–Kier alpha value is -3.50. The number of non-ortho nitro benzene ring substituents is 1. The molecular weight excluding hydrogens is 446 g/mol. The van der Waals surface area contributed by atoms with E-state index < -0.39 is 11.0 Å². The van der Waals surface area contributed by atoms with Gasteiger partial charge in [-0.3, -0.25) is 19.5 Å². The fourth-order valence-electron chi connectivity index (χ4n) is 3.08. The van der Waals surface area contributed by atoms with Crippen molar-refractivity contribution in [3.63, 3.8) is 0 Å². The lowest BCUT2D eigenvalue weighted by atomic mass is 10.2. The van der Waals surface area contributed by atoms with Crippen LogP contribution in [0.3, 0.4) is 0 Å². The summed E-state index contributed by atoms with van der Waals surface area (Å²) in [6, 6.07) is 19.3. The number of hydrogen-bond donors (Lipinski definition) is 1. The summed E-state index contributed by atoms with van der Waals surface area (Å²) in [6.45, 7) is 1.84. The van der Waals surface area contributed by atoms with E-state index in [9.17, 15) is 14.9 Å². The number of hydrogen-bond acceptors (Lipinski definition) is 7. The maximum Gasteiger partial charge on any atom is 0.269 e. The van der Waals surface area contributed by atoms with Crippen molar-refractivity contribution in [3.8, 4) is 5.69 Å². The van der Waals surface area contributed by atoms with E-state index in [0.717, 1.165) is 5.56 Å². The minimum Gasteiger partial charge on any atom is -0.342 e. The standard InChI is InChI=1S/C22H19N5O3S2/c1-15(23-21(28)19-8-5-13-31-19)20-24-25-22(32-14-16-6-3-2-4-7-16)26(20)17-9-11-18(12-10-17)27(29)30/h2-13,15H,14H2,1H3,(H,23,28). The summed E-state index contributed by atoms with van der Waals surface area (Å²) in [5.41, 5.74) is 1.82. The number of nitro benzene ring substituents is 1. The quantitative estimate of drug-likeness (QED) is 0.223. The van der Waals surface area contributed by atoms with E-state index in [1.54, 1.807) is 18.2 Å². The number of carbonyl (C=O) groups excluding carboxylic acids is 1. The molecule has 0 spiro atoms. The molecule has 162 valence electrons. The van der Waals surface area contributed by atoms with Crippen LogP contribution in [-0.2, 0) is 5.75 Å². The summed E-state index contributed by atoms with van der Waals surface area (Å²) in [6.07, 6.45) is 0. The van der Waals surface area contributed by atoms with Crippen LogP contribution in [0.1, 0.15) is 34.0 Å². The summed E-state index contributed by atoms with van der Waals surface area (Å²) in [4.78, 5) is 23.8. The number of rotatable bonds is 8. The molecule has 1 N–H and O–H groups in total. The minimum atomic E-state index is -0.439. The molecule has 4 rings (SSSR count). The van der Waals surface area contributed by atoms with Crippen LogP contribution in [0.25, 0.3) is 5.69 Å². The fraction of sp³-hybridized carbons (Fsp3) is 0.136. The molecule has 32 heavy (non-hydrogen) atoms. The predicted molar refractivity (Wildman–Crippen MR) is 124 cm³/mol. The van der Waals surface area contributed by atoms with E-state index in [1.165, 1.54) is 35.2 Å². The van der Waals surface area contributed by atoms with Crippen molar-refractivity contribution >= 4 is 34.7 Å². The van der Waals surface area contributed by atoms with E-state index in [1.807, 2.05) is 53.3 Å². The van der Waals surface area contributed by atoms with Gasteiger partial charge >= 0.3 is 0 Å². The zero-order chi connectivity index (χ0) is 22.5. The molecule has 0 aliphatic carbocycles. The zero-order valence-corrected chi connectivity index (χ0v) is 18.7. The van der Waals surface area contributed by atoms with Crippen LogP contribution >= 0.6 is 23.1 Å². The third kappa shape index (κ3) is 4.87. The second-order valence-corrected chi connectivity index (χ2v) is 8.79. The monoisotopic (exact) mass is 465 g/mol. The summed E-state index contributed by atoms with van der Waals surface area (Å²) in [5, 5.41) is 25.2. The van der Waals surface area contributed by atoms with E-state index in [2.05, 4.69) is 15.5 Å². The van der Waals surface area contributed by atoms with Crippen LogP contribution in [0, 0.1) is 10.1 Å². The number of thioether (sulfide) groups is 1. The lowest BCUT2D eigenvalue weighted by Gasteiger charge is -2.16. The highest BCUT2D eigenvalue weighted by Crippen LogP contribution is 2.28. The number of benzene rings is 2. The van der Waals surface area contributed by atoms with Crippen molar-refractivity contribution in [1.82, 2.24) is 20.1 Å². The van der Waals surface area contributed by atoms with Gasteiger partial charge in [0.1, 0.15) is 0 Å². The first-order chi connectivity index (χ1) is 15.5. The minimum absolute atomic E-state index is 0.000842. The summed E-state index contributed by atoms with van der Waals surface area (Å²) in [5.74, 6) is 1.03. The SMILES string of the molecule is CC(NC(=O)c1cccs1)c1nnc(SCc2ccccc2)n1-c1ccc([N+](=O)[O-])cc1. The van der Waals surface area contributed by atoms with Crippen LogP contribution in [0.5, 0.6) is 0 Å². The molecular formula is C22H19N5O3S2. The number of amides is 1. The number of aromatic nitrogens is 3. The largest absolute Gasteiger partial charge is 0.342 e. The maximum absolute atomic E-state index is 12.5. The van der Waals surface area contributed by atoms with Crippen molar-refractivity contribution in [2.75, 3.05) is 0 Å². The van der Waals surface area contributed by atoms with Crippen molar-refractivity contribution < 1.29 is 9.72 Å². The fourth-order valence-corrected chi connectivity index (χ4v) is 4.63. The third-order valence-electron chi connectivity index (χ3n) is 4.67. The van der Waals surface area contributed by atoms with Crippen molar-refractivity contribution in [3.05, 3.63) is 98.5 Å². The van der Waals surface area contributed by atoms with Gasteiger partial charge in [0.2, 0.25) is 0 Å². The molecule has 0 bridgehead atoms. The molecule has 2 aromatic carbocycles. The Morgan fingerprint density at radius 2 is 1.88 bits per heavy atom. The van der Waals surface area contributed by atoms with Gasteiger partial charge in [-0.1, -0.05) is 48.2 Å². The van der Waals surface area contributed by atoms with Crippen LogP contribution in [-0.4, -0.2) is 25.6 Å². The van der Waals surface area contributed by atoms with Gasteiger partial charge in [0.05, 0.1) is 15.8 Å². The number of nitrogens with zero attached hydrogens (tertiary/aromatic N) is 4. The number of carbonyl (C=O) groups is 1. The first-order valence-corrected chi connectivity index (χ1v) is 11.6. The molecule has 0 aliphatic rings. The van der Waals surface area contributed by atoms with Crippen LogP contribution in [0.15, 0.2) is 77.3 Å². The van der Waals surface area contributed by atoms with Gasteiger partial charge in [0, 0.05) is 23.6 Å². The number of nitrogens with one attached hydrogen (secondary N) is 1. The second kappa shape index (κ2) is 9.75. The molecule has 0 radical (unpaired) electrons. The van der Waals surface area contributed by atoms with Gasteiger partial charge in [-0.25, -0.2) is 0 Å². The molecule has 1 unspecified atom stereocenters. The van der Waals surface area contributed by atoms with E-state index >= 15 is 0 Å². The molecule has 1 atom stereocenters. The van der Waals surface area contributed by atoms with E-state index in [4.69, 9.17) is 0 Å².